The predicted molar refractivity (Wildman–Crippen MR) is 128 cm³/mol. The van der Waals surface area contributed by atoms with Gasteiger partial charge in [0.25, 0.3) is 5.91 Å². The number of aliphatic imine (C=N–C) groups is 1. The van der Waals surface area contributed by atoms with Gasteiger partial charge in [0.05, 0.1) is 0 Å². The number of nitrogens with two attached hydrogens (primary N) is 1. The van der Waals surface area contributed by atoms with Gasteiger partial charge >= 0.3 is 0 Å². The Kier molecular flexibility index (Phi) is 11.6. The van der Waals surface area contributed by atoms with Crippen LogP contribution in [0.3, 0.4) is 0 Å². The Morgan fingerprint density at radius 3 is 2.26 bits per heavy atom. The molecule has 0 aromatic heterocycles. The van der Waals surface area contributed by atoms with Crippen molar-refractivity contribution in [2.45, 2.75) is 11.3 Å². The van der Waals surface area contributed by atoms with Crippen molar-refractivity contribution in [3.63, 3.8) is 0 Å². The zero-order chi connectivity index (χ0) is 21.6. The number of rotatable bonds is 7. The second-order valence-electron chi connectivity index (χ2n) is 6.80. The molecular formula is C20H28Cl2N4O4S. The molecule has 1 amide bonds. The average molecular weight is 491 g/mol. The first-order chi connectivity index (χ1) is 13.6. The molecule has 3 N–H and O–H groups in total. The van der Waals surface area contributed by atoms with E-state index in [1.165, 1.54) is 25.2 Å². The summed E-state index contributed by atoms with van der Waals surface area (Å²) in [6.07, 6.45) is 1.96. The molecule has 0 atom stereocenters. The monoisotopic (exact) mass is 490 g/mol. The smallest absolute Gasteiger partial charge is 0.257 e. The minimum absolute atomic E-state index is 0. The molecule has 0 saturated heterocycles. The maximum atomic E-state index is 12.2. The molecule has 31 heavy (non-hydrogen) atoms. The molecule has 0 aliphatic rings. The highest BCUT2D eigenvalue weighted by Crippen LogP contribution is 2.30. The second-order valence-corrected chi connectivity index (χ2v) is 8.78. The van der Waals surface area contributed by atoms with Crippen LogP contribution in [0.25, 0.3) is 0 Å². The van der Waals surface area contributed by atoms with Gasteiger partial charge in [0.2, 0.25) is 0 Å². The number of amides is 1. The number of nitrogens with one attached hydrogen (secondary N) is 1. The maximum Gasteiger partial charge on any atom is 0.257 e. The van der Waals surface area contributed by atoms with E-state index in [1.807, 2.05) is 26.2 Å². The number of hydrogen-bond acceptors (Lipinski definition) is 6. The minimum atomic E-state index is -3.64. The van der Waals surface area contributed by atoms with Gasteiger partial charge < -0.3 is 15.4 Å². The van der Waals surface area contributed by atoms with Crippen LogP contribution < -0.4 is 15.8 Å². The summed E-state index contributed by atoms with van der Waals surface area (Å²) in [5.41, 5.74) is 6.77. The van der Waals surface area contributed by atoms with Crippen LogP contribution in [0.2, 0.25) is 0 Å². The van der Waals surface area contributed by atoms with Gasteiger partial charge in [-0.3, -0.25) is 15.1 Å². The van der Waals surface area contributed by atoms with Crippen molar-refractivity contribution in [1.82, 2.24) is 10.2 Å². The number of sulfone groups is 1. The fourth-order valence-corrected chi connectivity index (χ4v) is 3.29. The zero-order valence-electron chi connectivity index (χ0n) is 17.8. The van der Waals surface area contributed by atoms with E-state index in [0.29, 0.717) is 5.75 Å². The van der Waals surface area contributed by atoms with Gasteiger partial charge in [-0.2, -0.15) is 0 Å². The first-order valence-electron chi connectivity index (χ1n) is 8.89. The van der Waals surface area contributed by atoms with Crippen LogP contribution in [0, 0.1) is 0 Å². The third-order valence-corrected chi connectivity index (χ3v) is 5.20. The number of ether oxygens (including phenoxy) is 1. The van der Waals surface area contributed by atoms with Crippen molar-refractivity contribution in [1.29, 1.82) is 0 Å². The standard InChI is InChI=1S/C20H26N4O4S.2ClH/c1-22-20(21)23-19(25)15-7-10-17(18(13-15)29(4,26)27)28-16-8-5-14(6-9-16)11-12-24(2)3;;/h5-10,13H,11-12H2,1-4H3,(H3,21,22,23,25);2*1H. The molecule has 0 fully saturated rings. The molecule has 0 aliphatic carbocycles. The van der Waals surface area contributed by atoms with E-state index in [1.54, 1.807) is 12.1 Å². The lowest BCUT2D eigenvalue weighted by atomic mass is 10.1. The zero-order valence-corrected chi connectivity index (χ0v) is 20.2. The number of guanidine groups is 1. The number of carbonyl (C=O) groups excluding carboxylic acids is 1. The summed E-state index contributed by atoms with van der Waals surface area (Å²) >= 11 is 0. The van der Waals surface area contributed by atoms with Crippen LogP contribution in [0.15, 0.2) is 52.4 Å². The van der Waals surface area contributed by atoms with E-state index >= 15 is 0 Å². The Morgan fingerprint density at radius 1 is 1.13 bits per heavy atom. The summed E-state index contributed by atoms with van der Waals surface area (Å²) < 4.78 is 30.3. The van der Waals surface area contributed by atoms with Gasteiger partial charge in [0.1, 0.15) is 16.4 Å². The molecule has 0 aliphatic heterocycles. The second kappa shape index (κ2) is 12.5. The van der Waals surface area contributed by atoms with Crippen LogP contribution >= 0.6 is 24.8 Å². The number of benzene rings is 2. The van der Waals surface area contributed by atoms with E-state index in [2.05, 4.69) is 15.2 Å². The molecule has 172 valence electrons. The number of carbonyl (C=O) groups is 1. The lowest BCUT2D eigenvalue weighted by Gasteiger charge is -2.13. The first-order valence-corrected chi connectivity index (χ1v) is 10.8. The molecule has 0 spiro atoms. The Hall–Kier alpha value is -2.33. The predicted octanol–water partition coefficient (Wildman–Crippen LogP) is 2.50. The van der Waals surface area contributed by atoms with E-state index in [4.69, 9.17) is 10.5 Å². The molecule has 2 rings (SSSR count). The third kappa shape index (κ3) is 8.74. The average Bonchev–Trinajstić information content (AvgIpc) is 2.66. The van der Waals surface area contributed by atoms with Crippen LogP contribution in [0.1, 0.15) is 15.9 Å². The van der Waals surface area contributed by atoms with Crippen LogP contribution in [0.5, 0.6) is 11.5 Å². The number of likely N-dealkylation sites (N-methyl/N-ethyl adjacent to an activating group) is 1. The van der Waals surface area contributed by atoms with E-state index in [9.17, 15) is 13.2 Å². The fraction of sp³-hybridized carbons (Fsp3) is 0.300. The highest BCUT2D eigenvalue weighted by Gasteiger charge is 2.19. The van der Waals surface area contributed by atoms with Crippen molar-refractivity contribution in [2.75, 3.05) is 33.9 Å². The molecule has 8 nitrogen and oxygen atoms in total. The normalized spacial score (nSPS) is 11.3. The molecule has 2 aromatic rings. The molecule has 0 saturated carbocycles. The van der Waals surface area contributed by atoms with Crippen LogP contribution in [-0.4, -0.2) is 59.1 Å². The summed E-state index contributed by atoms with van der Waals surface area (Å²) in [7, 11) is 1.81. The van der Waals surface area contributed by atoms with Gasteiger partial charge in [-0.15, -0.1) is 24.8 Å². The molecular weight excluding hydrogens is 463 g/mol. The Labute approximate surface area is 195 Å². The van der Waals surface area contributed by atoms with Crippen molar-refractivity contribution in [2.24, 2.45) is 10.7 Å². The van der Waals surface area contributed by atoms with Crippen LogP contribution in [0.4, 0.5) is 0 Å². The summed E-state index contributed by atoms with van der Waals surface area (Å²) in [5.74, 6) is 0.0191. The molecule has 0 radical (unpaired) electrons. The highest BCUT2D eigenvalue weighted by atomic mass is 35.5. The minimum Gasteiger partial charge on any atom is -0.456 e. The lowest BCUT2D eigenvalue weighted by Crippen LogP contribution is -2.36. The van der Waals surface area contributed by atoms with Gasteiger partial charge in [0.15, 0.2) is 15.8 Å². The van der Waals surface area contributed by atoms with E-state index in [-0.39, 0.29) is 47.0 Å². The summed E-state index contributed by atoms with van der Waals surface area (Å²) in [5, 5.41) is 2.37. The van der Waals surface area contributed by atoms with Gasteiger partial charge in [-0.25, -0.2) is 8.42 Å². The van der Waals surface area contributed by atoms with Crippen LogP contribution in [-0.2, 0) is 16.3 Å². The summed E-state index contributed by atoms with van der Waals surface area (Å²) in [6, 6.07) is 11.6. The van der Waals surface area contributed by atoms with Crippen molar-refractivity contribution in [3.05, 3.63) is 53.6 Å². The molecule has 0 unspecified atom stereocenters. The lowest BCUT2D eigenvalue weighted by molar-refractivity contribution is 0.0976. The fourth-order valence-electron chi connectivity index (χ4n) is 2.47. The third-order valence-electron chi connectivity index (χ3n) is 4.09. The Balaban J connectivity index is 0.00000450. The largest absolute Gasteiger partial charge is 0.456 e. The van der Waals surface area contributed by atoms with E-state index < -0.39 is 15.7 Å². The van der Waals surface area contributed by atoms with Gasteiger partial charge in [-0.05, 0) is 56.4 Å². The summed E-state index contributed by atoms with van der Waals surface area (Å²) in [4.78, 5) is 17.9. The van der Waals surface area contributed by atoms with Gasteiger partial charge in [0, 0.05) is 25.4 Å². The quantitative estimate of drug-likeness (QED) is 0.455. The summed E-state index contributed by atoms with van der Waals surface area (Å²) in [6.45, 7) is 0.926. The molecule has 11 heteroatoms. The van der Waals surface area contributed by atoms with Crippen molar-refractivity contribution >= 4 is 46.5 Å². The topological polar surface area (TPSA) is 114 Å². The SMILES string of the molecule is CN=C(N)NC(=O)c1ccc(Oc2ccc(CCN(C)C)cc2)c(S(C)(=O)=O)c1.Cl.Cl. The highest BCUT2D eigenvalue weighted by molar-refractivity contribution is 7.90. The molecule has 0 bridgehead atoms. The molecule has 0 heterocycles. The Morgan fingerprint density at radius 2 is 1.74 bits per heavy atom. The van der Waals surface area contributed by atoms with E-state index in [0.717, 1.165) is 24.8 Å². The molecule has 2 aromatic carbocycles. The van der Waals surface area contributed by atoms with Crippen molar-refractivity contribution in [3.8, 4) is 11.5 Å². The van der Waals surface area contributed by atoms with Gasteiger partial charge in [-0.1, -0.05) is 12.1 Å². The first kappa shape index (κ1) is 28.7. The van der Waals surface area contributed by atoms with Crippen molar-refractivity contribution < 1.29 is 17.9 Å². The number of hydrogen-bond donors (Lipinski definition) is 2. The number of halogens is 2. The Bertz CT molecular complexity index is 1010. The maximum absolute atomic E-state index is 12.2. The number of nitrogens with zero attached hydrogens (tertiary/aromatic N) is 2.